The van der Waals surface area contributed by atoms with E-state index < -0.39 is 0 Å². The van der Waals surface area contributed by atoms with Crippen LogP contribution in [0, 0.1) is 0 Å². The predicted molar refractivity (Wildman–Crippen MR) is 67.2 cm³/mol. The summed E-state index contributed by atoms with van der Waals surface area (Å²) in [5.41, 5.74) is 7.51. The van der Waals surface area contributed by atoms with Crippen LogP contribution in [-0.4, -0.2) is 32.1 Å². The first-order valence-corrected chi connectivity index (χ1v) is 5.75. The lowest BCUT2D eigenvalue weighted by Crippen LogP contribution is -2.47. The zero-order valence-corrected chi connectivity index (χ0v) is 9.90. The van der Waals surface area contributed by atoms with Crippen molar-refractivity contribution in [1.82, 2.24) is 5.32 Å². The van der Waals surface area contributed by atoms with E-state index >= 15 is 0 Å². The smallest absolute Gasteiger partial charge is 0.239 e. The van der Waals surface area contributed by atoms with Crippen molar-refractivity contribution in [2.45, 2.75) is 6.92 Å². The maximum atomic E-state index is 11.3. The lowest BCUT2D eigenvalue weighted by atomic mass is 10.2. The first-order chi connectivity index (χ1) is 8.22. The Morgan fingerprint density at radius 3 is 3.06 bits per heavy atom. The molecule has 2 rings (SSSR count). The van der Waals surface area contributed by atoms with Gasteiger partial charge >= 0.3 is 0 Å². The molecule has 1 aromatic rings. The highest BCUT2D eigenvalue weighted by Gasteiger charge is 2.19. The van der Waals surface area contributed by atoms with Gasteiger partial charge in [0.1, 0.15) is 5.75 Å². The van der Waals surface area contributed by atoms with Gasteiger partial charge in [0.25, 0.3) is 0 Å². The molecule has 3 N–H and O–H groups in total. The molecule has 0 saturated carbocycles. The molecule has 1 heterocycles. The van der Waals surface area contributed by atoms with E-state index in [-0.39, 0.29) is 5.91 Å². The molecule has 0 aromatic heterocycles. The molecule has 1 aromatic carbocycles. The van der Waals surface area contributed by atoms with Crippen molar-refractivity contribution in [3.8, 4) is 5.75 Å². The van der Waals surface area contributed by atoms with E-state index in [2.05, 4.69) is 5.32 Å². The topological polar surface area (TPSA) is 67.6 Å². The van der Waals surface area contributed by atoms with E-state index in [9.17, 15) is 4.79 Å². The van der Waals surface area contributed by atoms with E-state index in [4.69, 9.17) is 10.5 Å². The third-order valence-corrected chi connectivity index (χ3v) is 2.72. The number of nitrogen functional groups attached to an aromatic ring is 1. The molecule has 1 aliphatic rings. The normalized spacial score (nSPS) is 15.6. The summed E-state index contributed by atoms with van der Waals surface area (Å²) in [6.45, 7) is 4.26. The zero-order chi connectivity index (χ0) is 12.3. The number of rotatable bonds is 3. The zero-order valence-electron chi connectivity index (χ0n) is 9.90. The van der Waals surface area contributed by atoms with Gasteiger partial charge in [0.15, 0.2) is 0 Å². The minimum Gasteiger partial charge on any atom is -0.492 e. The third-order valence-electron chi connectivity index (χ3n) is 2.72. The number of anilines is 2. The second kappa shape index (κ2) is 4.95. The van der Waals surface area contributed by atoms with Gasteiger partial charge < -0.3 is 20.7 Å². The Hall–Kier alpha value is -1.91. The Kier molecular flexibility index (Phi) is 3.37. The van der Waals surface area contributed by atoms with Gasteiger partial charge in [-0.1, -0.05) is 6.07 Å². The number of nitrogens with zero attached hydrogens (tertiary/aromatic N) is 1. The van der Waals surface area contributed by atoms with Crippen molar-refractivity contribution in [3.63, 3.8) is 0 Å². The highest BCUT2D eigenvalue weighted by Crippen LogP contribution is 2.32. The molecule has 1 amide bonds. The number of nitrogens with two attached hydrogens (primary N) is 1. The van der Waals surface area contributed by atoms with E-state index in [0.29, 0.717) is 31.1 Å². The van der Waals surface area contributed by atoms with E-state index in [1.165, 1.54) is 0 Å². The van der Waals surface area contributed by atoms with Crippen molar-refractivity contribution in [3.05, 3.63) is 18.2 Å². The fourth-order valence-corrected chi connectivity index (χ4v) is 1.93. The number of carbonyl (C=O) groups is 1. The predicted octanol–water partition coefficient (Wildman–Crippen LogP) is 0.604. The van der Waals surface area contributed by atoms with Crippen LogP contribution in [0.25, 0.3) is 0 Å². The number of amides is 1. The lowest BCUT2D eigenvalue weighted by Gasteiger charge is -2.30. The van der Waals surface area contributed by atoms with Gasteiger partial charge in [-0.25, -0.2) is 0 Å². The van der Waals surface area contributed by atoms with Crippen molar-refractivity contribution < 1.29 is 9.53 Å². The molecule has 0 spiro atoms. The number of benzene rings is 1. The molecule has 0 radical (unpaired) electrons. The standard InChI is InChI=1S/C12H17N3O2/c1-2-17-10-5-3-4-9(12(10)13)15-7-6-14-11(16)8-15/h3-5H,2,6-8,13H2,1H3,(H,14,16). The molecular weight excluding hydrogens is 218 g/mol. The summed E-state index contributed by atoms with van der Waals surface area (Å²) >= 11 is 0. The average molecular weight is 235 g/mol. The molecule has 0 aliphatic carbocycles. The van der Waals surface area contributed by atoms with E-state index in [1.54, 1.807) is 0 Å². The van der Waals surface area contributed by atoms with Crippen molar-refractivity contribution in [2.75, 3.05) is 36.9 Å². The minimum atomic E-state index is 0.0254. The second-order valence-electron chi connectivity index (χ2n) is 3.89. The lowest BCUT2D eigenvalue weighted by molar-refractivity contribution is -0.120. The van der Waals surface area contributed by atoms with E-state index in [0.717, 1.165) is 12.2 Å². The monoisotopic (exact) mass is 235 g/mol. The molecule has 17 heavy (non-hydrogen) atoms. The van der Waals surface area contributed by atoms with Crippen LogP contribution >= 0.6 is 0 Å². The molecule has 5 heteroatoms. The Morgan fingerprint density at radius 2 is 2.35 bits per heavy atom. The molecule has 0 unspecified atom stereocenters. The maximum Gasteiger partial charge on any atom is 0.239 e. The minimum absolute atomic E-state index is 0.0254. The summed E-state index contributed by atoms with van der Waals surface area (Å²) in [7, 11) is 0. The summed E-state index contributed by atoms with van der Waals surface area (Å²) < 4.78 is 5.44. The Labute approximate surface area is 101 Å². The van der Waals surface area contributed by atoms with Crippen molar-refractivity contribution >= 4 is 17.3 Å². The van der Waals surface area contributed by atoms with Crippen LogP contribution in [0.4, 0.5) is 11.4 Å². The number of para-hydroxylation sites is 1. The largest absolute Gasteiger partial charge is 0.492 e. The molecule has 92 valence electrons. The highest BCUT2D eigenvalue weighted by atomic mass is 16.5. The third kappa shape index (κ3) is 2.43. The average Bonchev–Trinajstić information content (AvgIpc) is 2.32. The summed E-state index contributed by atoms with van der Waals surface area (Å²) in [5.74, 6) is 0.702. The first-order valence-electron chi connectivity index (χ1n) is 5.75. The number of hydrogen-bond donors (Lipinski definition) is 2. The van der Waals surface area contributed by atoms with Gasteiger partial charge in [-0.15, -0.1) is 0 Å². The number of ether oxygens (including phenoxy) is 1. The van der Waals surface area contributed by atoms with Gasteiger partial charge in [0.2, 0.25) is 5.91 Å². The molecule has 0 bridgehead atoms. The first kappa shape index (κ1) is 11.6. The molecular formula is C12H17N3O2. The number of nitrogens with one attached hydrogen (secondary N) is 1. The summed E-state index contributed by atoms with van der Waals surface area (Å²) in [4.78, 5) is 13.3. The highest BCUT2D eigenvalue weighted by molar-refractivity contribution is 5.85. The Morgan fingerprint density at radius 1 is 1.53 bits per heavy atom. The Balaban J connectivity index is 2.25. The van der Waals surface area contributed by atoms with Crippen LogP contribution in [0.15, 0.2) is 18.2 Å². The summed E-state index contributed by atoms with van der Waals surface area (Å²) in [6.07, 6.45) is 0. The van der Waals surface area contributed by atoms with Gasteiger partial charge in [-0.05, 0) is 19.1 Å². The summed E-state index contributed by atoms with van der Waals surface area (Å²) in [5, 5.41) is 2.79. The fourth-order valence-electron chi connectivity index (χ4n) is 1.93. The quantitative estimate of drug-likeness (QED) is 0.753. The van der Waals surface area contributed by atoms with Crippen LogP contribution in [0.1, 0.15) is 6.92 Å². The molecule has 1 saturated heterocycles. The van der Waals surface area contributed by atoms with Crippen LogP contribution in [0.2, 0.25) is 0 Å². The fraction of sp³-hybridized carbons (Fsp3) is 0.417. The number of piperazine rings is 1. The SMILES string of the molecule is CCOc1cccc(N2CCNC(=O)C2)c1N. The second-order valence-corrected chi connectivity index (χ2v) is 3.89. The number of hydrogen-bond acceptors (Lipinski definition) is 4. The number of carbonyl (C=O) groups excluding carboxylic acids is 1. The molecule has 0 atom stereocenters. The summed E-state index contributed by atoms with van der Waals surface area (Å²) in [6, 6.07) is 5.64. The Bertz CT molecular complexity index is 420. The van der Waals surface area contributed by atoms with E-state index in [1.807, 2.05) is 30.0 Å². The molecule has 1 aliphatic heterocycles. The van der Waals surface area contributed by atoms with Crippen molar-refractivity contribution in [2.24, 2.45) is 0 Å². The van der Waals surface area contributed by atoms with Crippen LogP contribution in [0.3, 0.4) is 0 Å². The van der Waals surface area contributed by atoms with Crippen LogP contribution in [0.5, 0.6) is 5.75 Å². The van der Waals surface area contributed by atoms with Gasteiger partial charge in [0, 0.05) is 13.1 Å². The van der Waals surface area contributed by atoms with Crippen molar-refractivity contribution in [1.29, 1.82) is 0 Å². The van der Waals surface area contributed by atoms with Gasteiger partial charge in [-0.2, -0.15) is 0 Å². The van der Waals surface area contributed by atoms with Gasteiger partial charge in [-0.3, -0.25) is 4.79 Å². The maximum absolute atomic E-state index is 11.3. The van der Waals surface area contributed by atoms with Crippen LogP contribution < -0.4 is 20.7 Å². The molecule has 5 nitrogen and oxygen atoms in total. The van der Waals surface area contributed by atoms with Crippen LogP contribution in [-0.2, 0) is 4.79 Å². The van der Waals surface area contributed by atoms with Gasteiger partial charge in [0.05, 0.1) is 24.5 Å². The molecule has 1 fully saturated rings.